The Kier molecular flexibility index (Phi) is 5.45. The van der Waals surface area contributed by atoms with Crippen LogP contribution >= 0.6 is 23.2 Å². The number of carbonyl (C=O) groups excluding carboxylic acids is 1. The number of nitrogens with one attached hydrogen (secondary N) is 1. The maximum atomic E-state index is 11.7. The van der Waals surface area contributed by atoms with Crippen LogP contribution in [-0.4, -0.2) is 30.9 Å². The van der Waals surface area contributed by atoms with Crippen molar-refractivity contribution in [3.63, 3.8) is 0 Å². The lowest BCUT2D eigenvalue weighted by atomic mass is 10.1. The van der Waals surface area contributed by atoms with Crippen molar-refractivity contribution in [3.05, 3.63) is 33.8 Å². The summed E-state index contributed by atoms with van der Waals surface area (Å²) in [6.07, 6.45) is 0. The maximum absolute atomic E-state index is 11.7. The van der Waals surface area contributed by atoms with Crippen molar-refractivity contribution < 1.29 is 4.79 Å². The van der Waals surface area contributed by atoms with Gasteiger partial charge in [-0.2, -0.15) is 0 Å². The third kappa shape index (κ3) is 3.87. The van der Waals surface area contributed by atoms with E-state index in [1.807, 2.05) is 26.0 Å². The summed E-state index contributed by atoms with van der Waals surface area (Å²) in [7, 11) is 3.48. The van der Waals surface area contributed by atoms with Gasteiger partial charge in [-0.1, -0.05) is 29.3 Å². The topological polar surface area (TPSA) is 32.3 Å². The standard InChI is InChI=1S/C13H18Cl2N2O/c1-8(16-9(2)13(18)17(3)4)10-5-6-11(14)12(15)7-10/h5-9,16H,1-4H3. The van der Waals surface area contributed by atoms with Crippen molar-refractivity contribution in [1.29, 1.82) is 0 Å². The van der Waals surface area contributed by atoms with Crippen LogP contribution in [0.15, 0.2) is 18.2 Å². The third-order valence-corrected chi connectivity index (χ3v) is 3.49. The first kappa shape index (κ1) is 15.3. The number of hydrogen-bond donors (Lipinski definition) is 1. The Morgan fingerprint density at radius 1 is 1.22 bits per heavy atom. The number of amides is 1. The highest BCUT2D eigenvalue weighted by Crippen LogP contribution is 2.25. The van der Waals surface area contributed by atoms with Crippen LogP contribution in [0.4, 0.5) is 0 Å². The zero-order valence-corrected chi connectivity index (χ0v) is 12.5. The van der Waals surface area contributed by atoms with E-state index < -0.39 is 0 Å². The largest absolute Gasteiger partial charge is 0.347 e. The second-order valence-corrected chi connectivity index (χ2v) is 5.33. The van der Waals surface area contributed by atoms with E-state index in [0.717, 1.165) is 5.56 Å². The van der Waals surface area contributed by atoms with E-state index in [9.17, 15) is 4.79 Å². The summed E-state index contributed by atoms with van der Waals surface area (Å²) in [4.78, 5) is 13.3. The molecule has 1 rings (SSSR count). The van der Waals surface area contributed by atoms with Gasteiger partial charge in [-0.25, -0.2) is 0 Å². The second-order valence-electron chi connectivity index (χ2n) is 4.52. The first-order valence-corrected chi connectivity index (χ1v) is 6.50. The van der Waals surface area contributed by atoms with Gasteiger partial charge in [0, 0.05) is 20.1 Å². The van der Waals surface area contributed by atoms with Crippen LogP contribution in [0, 0.1) is 0 Å². The summed E-state index contributed by atoms with van der Waals surface area (Å²) in [5, 5.41) is 4.29. The lowest BCUT2D eigenvalue weighted by molar-refractivity contribution is -0.130. The molecule has 0 saturated heterocycles. The van der Waals surface area contributed by atoms with Gasteiger partial charge in [0.05, 0.1) is 16.1 Å². The molecule has 1 N–H and O–H groups in total. The van der Waals surface area contributed by atoms with Crippen molar-refractivity contribution in [1.82, 2.24) is 10.2 Å². The molecule has 0 bridgehead atoms. The SMILES string of the molecule is CC(NC(C)c1ccc(Cl)c(Cl)c1)C(=O)N(C)C. The van der Waals surface area contributed by atoms with E-state index in [1.54, 1.807) is 25.1 Å². The van der Waals surface area contributed by atoms with E-state index in [4.69, 9.17) is 23.2 Å². The summed E-state index contributed by atoms with van der Waals surface area (Å²) in [5.74, 6) is 0.0434. The Labute approximate surface area is 118 Å². The van der Waals surface area contributed by atoms with Crippen molar-refractivity contribution in [2.75, 3.05) is 14.1 Å². The third-order valence-electron chi connectivity index (χ3n) is 2.75. The molecule has 1 aromatic carbocycles. The predicted molar refractivity (Wildman–Crippen MR) is 76.2 cm³/mol. The Morgan fingerprint density at radius 3 is 2.33 bits per heavy atom. The van der Waals surface area contributed by atoms with Crippen LogP contribution in [0.2, 0.25) is 10.0 Å². The van der Waals surface area contributed by atoms with E-state index in [0.29, 0.717) is 10.0 Å². The molecule has 3 nitrogen and oxygen atoms in total. The quantitative estimate of drug-likeness (QED) is 0.923. The maximum Gasteiger partial charge on any atom is 0.238 e. The molecule has 0 fully saturated rings. The van der Waals surface area contributed by atoms with Crippen LogP contribution < -0.4 is 5.32 Å². The van der Waals surface area contributed by atoms with Gasteiger partial charge in [0.1, 0.15) is 0 Å². The molecule has 2 atom stereocenters. The Hall–Kier alpha value is -0.770. The average molecular weight is 289 g/mol. The van der Waals surface area contributed by atoms with Crippen molar-refractivity contribution in [2.45, 2.75) is 25.9 Å². The molecule has 0 aliphatic carbocycles. The van der Waals surface area contributed by atoms with E-state index in [1.165, 1.54) is 0 Å². The molecule has 0 heterocycles. The second kappa shape index (κ2) is 6.41. The summed E-state index contributed by atoms with van der Waals surface area (Å²) < 4.78 is 0. The molecule has 1 aromatic rings. The number of rotatable bonds is 4. The molecule has 1 amide bonds. The number of benzene rings is 1. The molecule has 0 spiro atoms. The lowest BCUT2D eigenvalue weighted by Gasteiger charge is -2.22. The van der Waals surface area contributed by atoms with Crippen LogP contribution in [0.5, 0.6) is 0 Å². The van der Waals surface area contributed by atoms with Crippen molar-refractivity contribution >= 4 is 29.1 Å². The number of halogens is 2. The number of likely N-dealkylation sites (N-methyl/N-ethyl adjacent to an activating group) is 1. The number of hydrogen-bond acceptors (Lipinski definition) is 2. The van der Waals surface area contributed by atoms with E-state index in [-0.39, 0.29) is 18.0 Å². The summed E-state index contributed by atoms with van der Waals surface area (Å²) in [6.45, 7) is 3.83. The van der Waals surface area contributed by atoms with Gasteiger partial charge in [0.25, 0.3) is 0 Å². The van der Waals surface area contributed by atoms with Gasteiger partial charge in [-0.05, 0) is 31.5 Å². The first-order valence-electron chi connectivity index (χ1n) is 5.75. The van der Waals surface area contributed by atoms with Crippen LogP contribution in [-0.2, 0) is 4.79 Å². The average Bonchev–Trinajstić information content (AvgIpc) is 2.31. The zero-order chi connectivity index (χ0) is 13.9. The van der Waals surface area contributed by atoms with Crippen molar-refractivity contribution in [2.24, 2.45) is 0 Å². The molecule has 0 aliphatic heterocycles. The van der Waals surface area contributed by atoms with Gasteiger partial charge in [-0.3, -0.25) is 10.1 Å². The summed E-state index contributed by atoms with van der Waals surface area (Å²) in [5.41, 5.74) is 1.00. The Bertz CT molecular complexity index is 435. The minimum absolute atomic E-state index is 0.0265. The van der Waals surface area contributed by atoms with E-state index >= 15 is 0 Å². The highest BCUT2D eigenvalue weighted by Gasteiger charge is 2.17. The molecular weight excluding hydrogens is 271 g/mol. The van der Waals surface area contributed by atoms with Gasteiger partial charge >= 0.3 is 0 Å². The smallest absolute Gasteiger partial charge is 0.238 e. The molecule has 0 aliphatic rings. The molecule has 100 valence electrons. The van der Waals surface area contributed by atoms with Crippen LogP contribution in [0.1, 0.15) is 25.5 Å². The number of nitrogens with zero attached hydrogens (tertiary/aromatic N) is 1. The fourth-order valence-corrected chi connectivity index (χ4v) is 2.02. The predicted octanol–water partition coefficient (Wildman–Crippen LogP) is 3.12. The summed E-state index contributed by atoms with van der Waals surface area (Å²) in [6, 6.07) is 5.26. The minimum Gasteiger partial charge on any atom is -0.347 e. The first-order chi connectivity index (χ1) is 8.32. The fraction of sp³-hybridized carbons (Fsp3) is 0.462. The molecule has 2 unspecified atom stereocenters. The summed E-state index contributed by atoms with van der Waals surface area (Å²) >= 11 is 11.8. The molecule has 0 aromatic heterocycles. The van der Waals surface area contributed by atoms with Gasteiger partial charge < -0.3 is 4.90 Å². The highest BCUT2D eigenvalue weighted by molar-refractivity contribution is 6.42. The lowest BCUT2D eigenvalue weighted by Crippen LogP contribution is -2.42. The molecule has 0 saturated carbocycles. The van der Waals surface area contributed by atoms with Gasteiger partial charge in [0.2, 0.25) is 5.91 Å². The normalized spacial score (nSPS) is 14.1. The van der Waals surface area contributed by atoms with Gasteiger partial charge in [-0.15, -0.1) is 0 Å². The van der Waals surface area contributed by atoms with E-state index in [2.05, 4.69) is 5.32 Å². The zero-order valence-electron chi connectivity index (χ0n) is 11.0. The monoisotopic (exact) mass is 288 g/mol. The Balaban J connectivity index is 2.73. The molecule has 18 heavy (non-hydrogen) atoms. The fourth-order valence-electron chi connectivity index (χ4n) is 1.71. The van der Waals surface area contributed by atoms with Crippen LogP contribution in [0.3, 0.4) is 0 Å². The minimum atomic E-state index is -0.246. The van der Waals surface area contributed by atoms with Gasteiger partial charge in [0.15, 0.2) is 0 Å². The molecule has 0 radical (unpaired) electrons. The van der Waals surface area contributed by atoms with Crippen LogP contribution in [0.25, 0.3) is 0 Å². The Morgan fingerprint density at radius 2 is 1.83 bits per heavy atom. The molecular formula is C13H18Cl2N2O. The number of carbonyl (C=O) groups is 1. The molecule has 5 heteroatoms. The highest BCUT2D eigenvalue weighted by atomic mass is 35.5. The van der Waals surface area contributed by atoms with Crippen molar-refractivity contribution in [3.8, 4) is 0 Å².